The zero-order valence-corrected chi connectivity index (χ0v) is 11.7. The van der Waals surface area contributed by atoms with Crippen LogP contribution in [0.25, 0.3) is 0 Å². The molecule has 0 spiro atoms. The Balaban J connectivity index is 2.71. The van der Waals surface area contributed by atoms with Gasteiger partial charge in [-0.15, -0.1) is 0 Å². The molecule has 0 amide bonds. The van der Waals surface area contributed by atoms with E-state index in [1.54, 1.807) is 20.4 Å². The van der Waals surface area contributed by atoms with Crippen LogP contribution in [0.3, 0.4) is 0 Å². The number of hydrogen-bond acceptors (Lipinski definition) is 6. The highest BCUT2D eigenvalue weighted by Crippen LogP contribution is 2.06. The van der Waals surface area contributed by atoms with Crippen molar-refractivity contribution in [3.05, 3.63) is 22.6 Å². The number of hydrogen-bond donors (Lipinski definition) is 2. The number of aliphatic hydroxyl groups excluding tert-OH is 1. The lowest BCUT2D eigenvalue weighted by atomic mass is 10.3. The molecule has 0 aliphatic heterocycles. The van der Waals surface area contributed by atoms with Crippen LogP contribution < -0.4 is 15.8 Å². The number of ether oxygens (including phenoxy) is 1. The van der Waals surface area contributed by atoms with Crippen molar-refractivity contribution in [1.82, 2.24) is 15.1 Å². The minimum Gasteiger partial charge on any atom is -0.390 e. The summed E-state index contributed by atoms with van der Waals surface area (Å²) < 4.78 is 6.24. The van der Waals surface area contributed by atoms with E-state index in [0.29, 0.717) is 19.7 Å². The molecule has 1 unspecified atom stereocenters. The van der Waals surface area contributed by atoms with Crippen LogP contribution in [-0.2, 0) is 11.3 Å². The molecular formula is C12H22N4O3. The van der Waals surface area contributed by atoms with Crippen molar-refractivity contribution in [2.45, 2.75) is 12.6 Å². The van der Waals surface area contributed by atoms with Crippen molar-refractivity contribution in [2.75, 3.05) is 45.8 Å². The average molecular weight is 270 g/mol. The molecule has 0 radical (unpaired) electrons. The van der Waals surface area contributed by atoms with Gasteiger partial charge in [-0.3, -0.25) is 4.79 Å². The first-order valence-corrected chi connectivity index (χ1v) is 6.18. The van der Waals surface area contributed by atoms with E-state index in [0.717, 1.165) is 5.69 Å². The summed E-state index contributed by atoms with van der Waals surface area (Å²) >= 11 is 0. The van der Waals surface area contributed by atoms with Crippen LogP contribution in [0.4, 0.5) is 5.69 Å². The molecule has 0 aromatic carbocycles. The normalized spacial score (nSPS) is 12.4. The third kappa shape index (κ3) is 4.98. The van der Waals surface area contributed by atoms with Gasteiger partial charge in [0.05, 0.1) is 31.1 Å². The molecule has 0 saturated heterocycles. The summed E-state index contributed by atoms with van der Waals surface area (Å²) in [4.78, 5) is 13.8. The number of nitrogens with zero attached hydrogens (tertiary/aromatic N) is 3. The lowest BCUT2D eigenvalue weighted by Gasteiger charge is -2.18. The van der Waals surface area contributed by atoms with Crippen molar-refractivity contribution >= 4 is 5.69 Å². The van der Waals surface area contributed by atoms with E-state index in [2.05, 4.69) is 10.4 Å². The van der Waals surface area contributed by atoms with Crippen LogP contribution in [0, 0.1) is 0 Å². The van der Waals surface area contributed by atoms with Crippen molar-refractivity contribution in [2.24, 2.45) is 0 Å². The van der Waals surface area contributed by atoms with Crippen molar-refractivity contribution in [1.29, 1.82) is 0 Å². The molecule has 19 heavy (non-hydrogen) atoms. The first-order chi connectivity index (χ1) is 9.08. The van der Waals surface area contributed by atoms with Gasteiger partial charge in [-0.1, -0.05) is 0 Å². The van der Waals surface area contributed by atoms with Gasteiger partial charge in [-0.25, -0.2) is 4.68 Å². The van der Waals surface area contributed by atoms with Crippen molar-refractivity contribution in [3.63, 3.8) is 0 Å². The van der Waals surface area contributed by atoms with Crippen LogP contribution in [0.15, 0.2) is 17.1 Å². The average Bonchev–Trinajstić information content (AvgIpc) is 2.38. The van der Waals surface area contributed by atoms with Gasteiger partial charge >= 0.3 is 0 Å². The molecule has 1 aromatic heterocycles. The molecule has 7 heteroatoms. The van der Waals surface area contributed by atoms with Gasteiger partial charge in [0.15, 0.2) is 0 Å². The predicted octanol–water partition coefficient (Wildman–Crippen LogP) is -1.09. The maximum Gasteiger partial charge on any atom is 0.268 e. The number of methoxy groups -OCH3 is 1. The number of likely N-dealkylation sites (N-methyl/N-ethyl adjacent to an activating group) is 2. The van der Waals surface area contributed by atoms with Gasteiger partial charge in [-0.05, 0) is 7.05 Å². The highest BCUT2D eigenvalue weighted by atomic mass is 16.5. The van der Waals surface area contributed by atoms with E-state index >= 15 is 0 Å². The van der Waals surface area contributed by atoms with Crippen LogP contribution in [0.5, 0.6) is 0 Å². The summed E-state index contributed by atoms with van der Waals surface area (Å²) in [5, 5.41) is 16.5. The topological polar surface area (TPSA) is 79.6 Å². The SMILES string of the molecule is CNCC(O)Cn1ncc(N(C)CCOC)cc1=O. The molecule has 1 heterocycles. The molecule has 2 N–H and O–H groups in total. The fourth-order valence-electron chi connectivity index (χ4n) is 1.63. The monoisotopic (exact) mass is 270 g/mol. The Hall–Kier alpha value is -1.44. The molecule has 0 saturated carbocycles. The minimum absolute atomic E-state index is 0.182. The number of aliphatic hydroxyl groups is 1. The summed E-state index contributed by atoms with van der Waals surface area (Å²) in [5.41, 5.74) is 0.512. The van der Waals surface area contributed by atoms with Crippen LogP contribution in [0.1, 0.15) is 0 Å². The van der Waals surface area contributed by atoms with E-state index in [1.165, 1.54) is 10.7 Å². The second-order valence-electron chi connectivity index (χ2n) is 4.36. The summed E-state index contributed by atoms with van der Waals surface area (Å²) in [6.07, 6.45) is 0.982. The Labute approximate surface area is 112 Å². The summed E-state index contributed by atoms with van der Waals surface area (Å²) in [5.74, 6) is 0. The van der Waals surface area contributed by atoms with Crippen molar-refractivity contribution in [3.8, 4) is 0 Å². The van der Waals surface area contributed by atoms with E-state index in [-0.39, 0.29) is 12.1 Å². The highest BCUT2D eigenvalue weighted by Gasteiger charge is 2.08. The number of rotatable bonds is 8. The smallest absolute Gasteiger partial charge is 0.268 e. The maximum atomic E-state index is 11.9. The van der Waals surface area contributed by atoms with E-state index in [9.17, 15) is 9.90 Å². The lowest BCUT2D eigenvalue weighted by Crippen LogP contribution is -2.34. The van der Waals surface area contributed by atoms with Gasteiger partial charge in [-0.2, -0.15) is 5.10 Å². The first kappa shape index (κ1) is 15.6. The van der Waals surface area contributed by atoms with Gasteiger partial charge < -0.3 is 20.1 Å². The van der Waals surface area contributed by atoms with Gasteiger partial charge in [0, 0.05) is 33.3 Å². The van der Waals surface area contributed by atoms with E-state index < -0.39 is 6.10 Å². The molecule has 0 fully saturated rings. The second-order valence-corrected chi connectivity index (χ2v) is 4.36. The molecule has 0 aliphatic carbocycles. The summed E-state index contributed by atoms with van der Waals surface area (Å²) in [7, 11) is 5.25. The van der Waals surface area contributed by atoms with Gasteiger partial charge in [0.2, 0.25) is 0 Å². The summed E-state index contributed by atoms with van der Waals surface area (Å²) in [6, 6.07) is 1.51. The fraction of sp³-hybridized carbons (Fsp3) is 0.667. The van der Waals surface area contributed by atoms with Gasteiger partial charge in [0.1, 0.15) is 0 Å². The standard InChI is InChI=1S/C12H22N4O3/c1-13-8-11(17)9-16-12(18)6-10(7-14-16)15(2)4-5-19-3/h6-7,11,13,17H,4-5,8-9H2,1-3H3. The minimum atomic E-state index is -0.632. The van der Waals surface area contributed by atoms with Crippen molar-refractivity contribution < 1.29 is 9.84 Å². The second kappa shape index (κ2) is 7.88. The molecule has 1 atom stereocenters. The van der Waals surface area contributed by atoms with Crippen LogP contribution >= 0.6 is 0 Å². The molecule has 108 valence electrons. The first-order valence-electron chi connectivity index (χ1n) is 6.18. The Morgan fingerprint density at radius 2 is 2.37 bits per heavy atom. The Bertz CT molecular complexity index is 435. The van der Waals surface area contributed by atoms with E-state index in [1.807, 2.05) is 11.9 Å². The number of nitrogens with one attached hydrogen (secondary N) is 1. The fourth-order valence-corrected chi connectivity index (χ4v) is 1.63. The summed E-state index contributed by atoms with van der Waals surface area (Å²) in [6.45, 7) is 1.87. The number of anilines is 1. The zero-order valence-electron chi connectivity index (χ0n) is 11.7. The van der Waals surface area contributed by atoms with Crippen LogP contribution in [0.2, 0.25) is 0 Å². The third-order valence-electron chi connectivity index (χ3n) is 2.75. The number of aromatic nitrogens is 2. The Kier molecular flexibility index (Phi) is 6.48. The van der Waals surface area contributed by atoms with Gasteiger partial charge in [0.25, 0.3) is 5.56 Å². The Morgan fingerprint density at radius 1 is 1.63 bits per heavy atom. The quantitative estimate of drug-likeness (QED) is 0.624. The molecule has 0 aliphatic rings. The van der Waals surface area contributed by atoms with E-state index in [4.69, 9.17) is 4.74 Å². The van der Waals surface area contributed by atoms with Crippen LogP contribution in [-0.4, -0.2) is 61.9 Å². The zero-order chi connectivity index (χ0) is 14.3. The maximum absolute atomic E-state index is 11.9. The Morgan fingerprint density at radius 3 is 2.95 bits per heavy atom. The lowest BCUT2D eigenvalue weighted by molar-refractivity contribution is 0.147. The molecule has 0 bridgehead atoms. The molecule has 7 nitrogen and oxygen atoms in total. The third-order valence-corrected chi connectivity index (χ3v) is 2.75. The largest absolute Gasteiger partial charge is 0.390 e. The molecule has 1 aromatic rings. The highest BCUT2D eigenvalue weighted by molar-refractivity contribution is 5.41. The molecular weight excluding hydrogens is 248 g/mol. The predicted molar refractivity (Wildman–Crippen MR) is 73.6 cm³/mol. The molecule has 1 rings (SSSR count).